The lowest BCUT2D eigenvalue weighted by molar-refractivity contribution is 0.1000. The quantitative estimate of drug-likeness (QED) is 0.780. The van der Waals surface area contributed by atoms with Crippen molar-refractivity contribution in [1.82, 2.24) is 4.98 Å². The number of rotatable bonds is 1. The van der Waals surface area contributed by atoms with Crippen molar-refractivity contribution in [3.8, 4) is 12.3 Å². The van der Waals surface area contributed by atoms with Gasteiger partial charge in [-0.3, -0.25) is 4.79 Å². The monoisotopic (exact) mass is 269 g/mol. The van der Waals surface area contributed by atoms with Gasteiger partial charge in [-0.2, -0.15) is 0 Å². The van der Waals surface area contributed by atoms with Crippen molar-refractivity contribution < 1.29 is 4.79 Å². The molecule has 4 nitrogen and oxygen atoms in total. The van der Waals surface area contributed by atoms with Crippen LogP contribution in [0.1, 0.15) is 29.8 Å². The zero-order valence-corrected chi connectivity index (χ0v) is 11.7. The Morgan fingerprint density at radius 2 is 1.60 bits per heavy atom. The van der Waals surface area contributed by atoms with Crippen LogP contribution in [0.15, 0.2) is 48.7 Å². The van der Waals surface area contributed by atoms with Crippen LogP contribution >= 0.6 is 0 Å². The first-order chi connectivity index (χ1) is 9.65. The number of aromatic nitrogens is 1. The molecule has 0 radical (unpaired) electrons. The summed E-state index contributed by atoms with van der Waals surface area (Å²) in [5, 5.41) is 0. The number of nitrogens with two attached hydrogens (primary N) is 2. The van der Waals surface area contributed by atoms with Crippen LogP contribution in [0.3, 0.4) is 0 Å². The van der Waals surface area contributed by atoms with Gasteiger partial charge < -0.3 is 11.5 Å². The van der Waals surface area contributed by atoms with E-state index in [1.54, 1.807) is 0 Å². The van der Waals surface area contributed by atoms with E-state index in [1.165, 1.54) is 12.3 Å². The minimum Gasteiger partial charge on any atom is -0.383 e. The lowest BCUT2D eigenvalue weighted by Gasteiger charge is -1.98. The molecular weight excluding hydrogens is 250 g/mol. The molecule has 1 aromatic heterocycles. The highest BCUT2D eigenvalue weighted by atomic mass is 16.1. The Labute approximate surface area is 119 Å². The third-order valence-corrected chi connectivity index (χ3v) is 2.03. The van der Waals surface area contributed by atoms with E-state index in [0.717, 1.165) is 0 Å². The van der Waals surface area contributed by atoms with Gasteiger partial charge in [-0.15, -0.1) is 6.42 Å². The minimum atomic E-state index is -0.570. The molecule has 0 aliphatic heterocycles. The second-order valence-electron chi connectivity index (χ2n) is 3.32. The zero-order chi connectivity index (χ0) is 15.4. The number of hydrogen-bond acceptors (Lipinski definition) is 3. The first-order valence-corrected chi connectivity index (χ1v) is 6.17. The van der Waals surface area contributed by atoms with Crippen LogP contribution in [0.5, 0.6) is 0 Å². The van der Waals surface area contributed by atoms with Gasteiger partial charge in [0, 0.05) is 6.20 Å². The summed E-state index contributed by atoms with van der Waals surface area (Å²) >= 11 is 0. The van der Waals surface area contributed by atoms with Crippen LogP contribution in [-0.2, 0) is 0 Å². The molecule has 0 aliphatic rings. The number of carbonyl (C=O) groups is 1. The predicted molar refractivity (Wildman–Crippen MR) is 82.9 cm³/mol. The van der Waals surface area contributed by atoms with Gasteiger partial charge in [0.05, 0.1) is 11.1 Å². The molecule has 0 aliphatic carbocycles. The van der Waals surface area contributed by atoms with E-state index in [2.05, 4.69) is 10.9 Å². The molecular formula is C16H19N3O. The average Bonchev–Trinajstić information content (AvgIpc) is 2.52. The molecule has 0 fully saturated rings. The fourth-order valence-corrected chi connectivity index (χ4v) is 1.11. The van der Waals surface area contributed by atoms with Crippen LogP contribution in [0.2, 0.25) is 0 Å². The van der Waals surface area contributed by atoms with Gasteiger partial charge in [0.25, 0.3) is 0 Å². The van der Waals surface area contributed by atoms with Gasteiger partial charge in [-0.25, -0.2) is 4.98 Å². The maximum absolute atomic E-state index is 10.7. The van der Waals surface area contributed by atoms with E-state index in [4.69, 9.17) is 17.9 Å². The van der Waals surface area contributed by atoms with Crippen molar-refractivity contribution in [3.05, 3.63) is 59.8 Å². The predicted octanol–water partition coefficient (Wildman–Crippen LogP) is 2.46. The van der Waals surface area contributed by atoms with Crippen LogP contribution < -0.4 is 11.5 Å². The number of amides is 1. The van der Waals surface area contributed by atoms with E-state index in [9.17, 15) is 4.79 Å². The standard InChI is InChI=1S/C8H7N3O.C6H6.C2H6/c1-2-5-3-6(8(10)12)4-11-7(5)9;1-2-4-6-5-3-1;1-2/h1,3-4H,(H2,9,11)(H2,10,12);1-6H;1-2H3. The molecule has 104 valence electrons. The van der Waals surface area contributed by atoms with Gasteiger partial charge in [0.2, 0.25) is 5.91 Å². The summed E-state index contributed by atoms with van der Waals surface area (Å²) in [4.78, 5) is 14.4. The number of nitrogens with zero attached hydrogens (tertiary/aromatic N) is 1. The summed E-state index contributed by atoms with van der Waals surface area (Å²) in [5.74, 6) is 1.95. The van der Waals surface area contributed by atoms with Crippen molar-refractivity contribution >= 4 is 11.7 Å². The van der Waals surface area contributed by atoms with Crippen molar-refractivity contribution in [2.75, 3.05) is 5.73 Å². The number of terminal acetylenes is 1. The van der Waals surface area contributed by atoms with E-state index in [-0.39, 0.29) is 11.4 Å². The second kappa shape index (κ2) is 10.2. The van der Waals surface area contributed by atoms with Crippen LogP contribution in [0.4, 0.5) is 5.82 Å². The van der Waals surface area contributed by atoms with Crippen molar-refractivity contribution in [2.45, 2.75) is 13.8 Å². The molecule has 4 heteroatoms. The number of pyridine rings is 1. The van der Waals surface area contributed by atoms with E-state index >= 15 is 0 Å². The van der Waals surface area contributed by atoms with E-state index < -0.39 is 5.91 Å². The fourth-order valence-electron chi connectivity index (χ4n) is 1.11. The number of benzene rings is 1. The van der Waals surface area contributed by atoms with Crippen LogP contribution in [-0.4, -0.2) is 10.9 Å². The maximum Gasteiger partial charge on any atom is 0.250 e. The summed E-state index contributed by atoms with van der Waals surface area (Å²) in [7, 11) is 0. The Kier molecular flexibility index (Phi) is 8.73. The maximum atomic E-state index is 10.7. The Balaban J connectivity index is 0.000000377. The molecule has 1 amide bonds. The first-order valence-electron chi connectivity index (χ1n) is 6.17. The van der Waals surface area contributed by atoms with E-state index in [0.29, 0.717) is 5.56 Å². The minimum absolute atomic E-state index is 0.225. The first kappa shape index (κ1) is 17.2. The zero-order valence-electron chi connectivity index (χ0n) is 11.7. The summed E-state index contributed by atoms with van der Waals surface area (Å²) < 4.78 is 0. The lowest BCUT2D eigenvalue weighted by atomic mass is 10.2. The smallest absolute Gasteiger partial charge is 0.250 e. The lowest BCUT2D eigenvalue weighted by Crippen LogP contribution is -2.12. The topological polar surface area (TPSA) is 82.0 Å². The van der Waals surface area contributed by atoms with Crippen molar-refractivity contribution in [3.63, 3.8) is 0 Å². The SMILES string of the molecule is C#Cc1cc(C(N)=O)cnc1N.CC.c1ccccc1. The summed E-state index contributed by atoms with van der Waals surface area (Å²) in [6, 6.07) is 13.4. The van der Waals surface area contributed by atoms with Gasteiger partial charge in [0.1, 0.15) is 5.82 Å². The Morgan fingerprint density at radius 3 is 1.95 bits per heavy atom. The molecule has 0 saturated carbocycles. The van der Waals surface area contributed by atoms with Gasteiger partial charge in [0.15, 0.2) is 0 Å². The molecule has 0 unspecified atom stereocenters. The summed E-state index contributed by atoms with van der Waals surface area (Å²) in [6.07, 6.45) is 6.39. The average molecular weight is 269 g/mol. The van der Waals surface area contributed by atoms with Crippen molar-refractivity contribution in [1.29, 1.82) is 0 Å². The number of hydrogen-bond donors (Lipinski definition) is 2. The number of primary amides is 1. The molecule has 20 heavy (non-hydrogen) atoms. The summed E-state index contributed by atoms with van der Waals surface area (Å²) in [6.45, 7) is 4.00. The van der Waals surface area contributed by atoms with Crippen molar-refractivity contribution in [2.24, 2.45) is 5.73 Å². The normalized spacial score (nSPS) is 8.05. The molecule has 2 aromatic rings. The molecule has 0 spiro atoms. The largest absolute Gasteiger partial charge is 0.383 e. The Bertz CT molecular complexity index is 533. The highest BCUT2D eigenvalue weighted by Gasteiger charge is 2.03. The molecule has 0 saturated heterocycles. The Morgan fingerprint density at radius 1 is 1.15 bits per heavy atom. The van der Waals surface area contributed by atoms with Gasteiger partial charge in [-0.1, -0.05) is 56.2 Å². The summed E-state index contributed by atoms with van der Waals surface area (Å²) in [5.41, 5.74) is 11.0. The van der Waals surface area contributed by atoms with Gasteiger partial charge >= 0.3 is 0 Å². The third kappa shape index (κ3) is 6.22. The number of nitrogen functional groups attached to an aromatic ring is 1. The number of anilines is 1. The van der Waals surface area contributed by atoms with Gasteiger partial charge in [-0.05, 0) is 6.07 Å². The highest BCUT2D eigenvalue weighted by Crippen LogP contribution is 2.08. The molecule has 0 bridgehead atoms. The second-order valence-corrected chi connectivity index (χ2v) is 3.32. The highest BCUT2D eigenvalue weighted by molar-refractivity contribution is 5.93. The third-order valence-electron chi connectivity index (χ3n) is 2.03. The van der Waals surface area contributed by atoms with E-state index in [1.807, 2.05) is 50.2 Å². The molecule has 1 heterocycles. The number of carbonyl (C=O) groups excluding carboxylic acids is 1. The molecule has 0 atom stereocenters. The molecule has 1 aromatic carbocycles. The van der Waals surface area contributed by atoms with Crippen LogP contribution in [0, 0.1) is 12.3 Å². The van der Waals surface area contributed by atoms with Crippen LogP contribution in [0.25, 0.3) is 0 Å². The fraction of sp³-hybridized carbons (Fsp3) is 0.125. The Hall–Kier alpha value is -2.80. The molecule has 2 rings (SSSR count). The molecule has 4 N–H and O–H groups in total.